The topological polar surface area (TPSA) is 47.0 Å². The molecular formula is C13H11BrClN3O. The molecule has 0 saturated heterocycles. The Kier molecular flexibility index (Phi) is 3.57. The third kappa shape index (κ3) is 2.67. The fourth-order valence-electron chi connectivity index (χ4n) is 2.10. The third-order valence-corrected chi connectivity index (χ3v) is 3.67. The van der Waals surface area contributed by atoms with E-state index in [0.717, 1.165) is 28.8 Å². The van der Waals surface area contributed by atoms with Crippen LogP contribution in [0.25, 0.3) is 0 Å². The Morgan fingerprint density at radius 3 is 3.16 bits per heavy atom. The molecule has 0 spiro atoms. The highest BCUT2D eigenvalue weighted by Crippen LogP contribution is 2.33. The van der Waals surface area contributed by atoms with Crippen LogP contribution in [0, 0.1) is 0 Å². The molecule has 4 nitrogen and oxygen atoms in total. The molecule has 0 fully saturated rings. The van der Waals surface area contributed by atoms with E-state index in [2.05, 4.69) is 37.3 Å². The highest BCUT2D eigenvalue weighted by molar-refractivity contribution is 9.10. The molecule has 98 valence electrons. The van der Waals surface area contributed by atoms with Crippen LogP contribution >= 0.6 is 27.5 Å². The van der Waals surface area contributed by atoms with E-state index >= 15 is 0 Å². The van der Waals surface area contributed by atoms with Crippen molar-refractivity contribution in [3.8, 4) is 5.75 Å². The lowest BCUT2D eigenvalue weighted by Crippen LogP contribution is -2.04. The number of nitrogens with zero attached hydrogens (tertiary/aromatic N) is 2. The SMILES string of the molecule is Clc1cncnc1NCc1cc(Br)cc2c1OCC2. The molecule has 0 radical (unpaired) electrons. The lowest BCUT2D eigenvalue weighted by atomic mass is 10.1. The minimum Gasteiger partial charge on any atom is -0.493 e. The molecule has 2 aromatic rings. The molecule has 1 aliphatic heterocycles. The van der Waals surface area contributed by atoms with E-state index in [1.54, 1.807) is 6.20 Å². The van der Waals surface area contributed by atoms with Crippen molar-refractivity contribution in [2.75, 3.05) is 11.9 Å². The van der Waals surface area contributed by atoms with Crippen LogP contribution in [0.5, 0.6) is 5.75 Å². The summed E-state index contributed by atoms with van der Waals surface area (Å²) >= 11 is 9.53. The van der Waals surface area contributed by atoms with Gasteiger partial charge in [-0.25, -0.2) is 9.97 Å². The van der Waals surface area contributed by atoms with Crippen LogP contribution < -0.4 is 10.1 Å². The Hall–Kier alpha value is -1.33. The number of hydrogen-bond acceptors (Lipinski definition) is 4. The number of hydrogen-bond donors (Lipinski definition) is 1. The number of benzene rings is 1. The Bertz CT molecular complexity index is 621. The first-order valence-corrected chi connectivity index (χ1v) is 7.04. The fraction of sp³-hybridized carbons (Fsp3) is 0.231. The number of rotatable bonds is 3. The van der Waals surface area contributed by atoms with E-state index in [0.29, 0.717) is 17.4 Å². The van der Waals surface area contributed by atoms with Gasteiger partial charge in [-0.1, -0.05) is 27.5 Å². The maximum atomic E-state index is 6.01. The lowest BCUT2D eigenvalue weighted by molar-refractivity contribution is 0.354. The summed E-state index contributed by atoms with van der Waals surface area (Å²) in [5.74, 6) is 1.60. The molecule has 0 bridgehead atoms. The molecule has 0 atom stereocenters. The number of halogens is 2. The maximum absolute atomic E-state index is 6.01. The van der Waals surface area contributed by atoms with Crippen molar-refractivity contribution in [2.24, 2.45) is 0 Å². The largest absolute Gasteiger partial charge is 0.493 e. The summed E-state index contributed by atoms with van der Waals surface area (Å²) in [6.07, 6.45) is 3.99. The molecule has 0 saturated carbocycles. The van der Waals surface area contributed by atoms with Gasteiger partial charge in [0, 0.05) is 23.0 Å². The summed E-state index contributed by atoms with van der Waals surface area (Å²) in [5, 5.41) is 3.71. The summed E-state index contributed by atoms with van der Waals surface area (Å²) in [7, 11) is 0. The van der Waals surface area contributed by atoms with Crippen LogP contribution in [0.15, 0.2) is 29.1 Å². The van der Waals surface area contributed by atoms with Crippen molar-refractivity contribution in [3.63, 3.8) is 0 Å². The van der Waals surface area contributed by atoms with Crippen molar-refractivity contribution in [3.05, 3.63) is 45.3 Å². The van der Waals surface area contributed by atoms with E-state index in [4.69, 9.17) is 16.3 Å². The van der Waals surface area contributed by atoms with Crippen LogP contribution in [0.2, 0.25) is 5.02 Å². The van der Waals surface area contributed by atoms with Crippen molar-refractivity contribution in [2.45, 2.75) is 13.0 Å². The van der Waals surface area contributed by atoms with Gasteiger partial charge in [0.1, 0.15) is 22.9 Å². The predicted molar refractivity (Wildman–Crippen MR) is 77.7 cm³/mol. The first kappa shape index (κ1) is 12.7. The number of anilines is 1. The van der Waals surface area contributed by atoms with Gasteiger partial charge < -0.3 is 10.1 Å². The van der Waals surface area contributed by atoms with E-state index < -0.39 is 0 Å². The molecule has 6 heteroatoms. The van der Waals surface area contributed by atoms with E-state index in [1.165, 1.54) is 11.9 Å². The normalized spacial score (nSPS) is 12.9. The molecular weight excluding hydrogens is 330 g/mol. The van der Waals surface area contributed by atoms with Gasteiger partial charge in [-0.3, -0.25) is 0 Å². The van der Waals surface area contributed by atoms with Crippen LogP contribution in [0.1, 0.15) is 11.1 Å². The summed E-state index contributed by atoms with van der Waals surface area (Å²) in [4.78, 5) is 7.96. The first-order valence-electron chi connectivity index (χ1n) is 5.87. The minimum absolute atomic E-state index is 0.509. The Labute approximate surface area is 124 Å². The first-order chi connectivity index (χ1) is 9.24. The van der Waals surface area contributed by atoms with Gasteiger partial charge in [-0.05, 0) is 17.7 Å². The van der Waals surface area contributed by atoms with Crippen molar-refractivity contribution in [1.82, 2.24) is 9.97 Å². The number of fused-ring (bicyclic) bond motifs is 1. The molecule has 19 heavy (non-hydrogen) atoms. The van der Waals surface area contributed by atoms with Gasteiger partial charge in [-0.2, -0.15) is 0 Å². The van der Waals surface area contributed by atoms with E-state index in [1.807, 2.05) is 6.07 Å². The average Bonchev–Trinajstić information content (AvgIpc) is 2.85. The molecule has 1 aromatic carbocycles. The van der Waals surface area contributed by atoms with Gasteiger partial charge in [0.2, 0.25) is 0 Å². The summed E-state index contributed by atoms with van der Waals surface area (Å²) in [6.45, 7) is 1.35. The smallest absolute Gasteiger partial charge is 0.148 e. The van der Waals surface area contributed by atoms with Gasteiger partial charge >= 0.3 is 0 Å². The molecule has 3 rings (SSSR count). The van der Waals surface area contributed by atoms with Gasteiger partial charge in [-0.15, -0.1) is 0 Å². The second-order valence-corrected chi connectivity index (χ2v) is 5.55. The van der Waals surface area contributed by atoms with Crippen LogP contribution in [0.3, 0.4) is 0 Å². The zero-order valence-corrected chi connectivity index (χ0v) is 12.3. The highest BCUT2D eigenvalue weighted by atomic mass is 79.9. The Morgan fingerprint density at radius 1 is 1.42 bits per heavy atom. The van der Waals surface area contributed by atoms with E-state index in [-0.39, 0.29) is 0 Å². The Balaban J connectivity index is 1.83. The number of nitrogens with one attached hydrogen (secondary N) is 1. The zero-order chi connectivity index (χ0) is 13.2. The third-order valence-electron chi connectivity index (χ3n) is 2.94. The highest BCUT2D eigenvalue weighted by Gasteiger charge is 2.17. The second-order valence-electron chi connectivity index (χ2n) is 4.22. The van der Waals surface area contributed by atoms with Crippen LogP contribution in [-0.2, 0) is 13.0 Å². The van der Waals surface area contributed by atoms with E-state index in [9.17, 15) is 0 Å². The Morgan fingerprint density at radius 2 is 2.32 bits per heavy atom. The molecule has 0 amide bonds. The van der Waals surface area contributed by atoms with Crippen molar-refractivity contribution < 1.29 is 4.74 Å². The molecule has 1 N–H and O–H groups in total. The van der Waals surface area contributed by atoms with Gasteiger partial charge in [0.25, 0.3) is 0 Å². The van der Waals surface area contributed by atoms with Gasteiger partial charge in [0.05, 0.1) is 12.8 Å². The molecule has 1 aliphatic rings. The maximum Gasteiger partial charge on any atom is 0.148 e. The van der Waals surface area contributed by atoms with Crippen molar-refractivity contribution in [1.29, 1.82) is 0 Å². The lowest BCUT2D eigenvalue weighted by Gasteiger charge is -2.11. The minimum atomic E-state index is 0.509. The van der Waals surface area contributed by atoms with Crippen LogP contribution in [-0.4, -0.2) is 16.6 Å². The average molecular weight is 341 g/mol. The molecule has 1 aromatic heterocycles. The quantitative estimate of drug-likeness (QED) is 0.930. The monoisotopic (exact) mass is 339 g/mol. The number of aromatic nitrogens is 2. The molecule has 0 aliphatic carbocycles. The molecule has 2 heterocycles. The fourth-order valence-corrected chi connectivity index (χ4v) is 2.82. The molecule has 0 unspecified atom stereocenters. The summed E-state index contributed by atoms with van der Waals surface area (Å²) in [5.41, 5.74) is 2.33. The number of ether oxygens (including phenoxy) is 1. The van der Waals surface area contributed by atoms with Gasteiger partial charge in [0.15, 0.2) is 0 Å². The standard InChI is InChI=1S/C13H11BrClN3O/c14-10-3-8-1-2-19-12(8)9(4-10)5-17-13-11(15)6-16-7-18-13/h3-4,6-7H,1-2,5H2,(H,16,17,18). The van der Waals surface area contributed by atoms with Crippen molar-refractivity contribution >= 4 is 33.3 Å². The second kappa shape index (κ2) is 5.35. The zero-order valence-electron chi connectivity index (χ0n) is 9.99. The summed E-state index contributed by atoms with van der Waals surface area (Å²) < 4.78 is 6.73. The summed E-state index contributed by atoms with van der Waals surface area (Å²) in [6, 6.07) is 4.15. The predicted octanol–water partition coefficient (Wildman–Crippen LogP) is 3.44. The van der Waals surface area contributed by atoms with Crippen LogP contribution in [0.4, 0.5) is 5.82 Å².